The zero-order valence-electron chi connectivity index (χ0n) is 19.1. The maximum absolute atomic E-state index is 13.4. The summed E-state index contributed by atoms with van der Waals surface area (Å²) in [4.78, 5) is 19.9. The molecule has 2 aromatic heterocycles. The fourth-order valence-electron chi connectivity index (χ4n) is 4.95. The van der Waals surface area contributed by atoms with Gasteiger partial charge in [0.1, 0.15) is 0 Å². The van der Waals surface area contributed by atoms with Crippen molar-refractivity contribution in [2.24, 2.45) is 5.92 Å². The molecule has 0 radical (unpaired) electrons. The minimum atomic E-state index is 0.244. The quantitative estimate of drug-likeness (QED) is 0.421. The van der Waals surface area contributed by atoms with Crippen LogP contribution in [0, 0.1) is 5.92 Å². The molecule has 0 atom stereocenters. The predicted octanol–water partition coefficient (Wildman–Crippen LogP) is 5.38. The highest BCUT2D eigenvalue weighted by Crippen LogP contribution is 2.37. The summed E-state index contributed by atoms with van der Waals surface area (Å²) in [6.45, 7) is 2.29. The Morgan fingerprint density at radius 3 is 2.36 bits per heavy atom. The molecule has 3 aromatic rings. The highest BCUT2D eigenvalue weighted by Gasteiger charge is 2.38. The number of carbonyl (C=O) groups excluding carboxylic acids is 1. The lowest BCUT2D eigenvalue weighted by atomic mass is 9.84. The van der Waals surface area contributed by atoms with Crippen LogP contribution in [-0.4, -0.2) is 48.4 Å². The first-order chi connectivity index (χ1) is 16.2. The third-order valence-electron chi connectivity index (χ3n) is 6.91. The van der Waals surface area contributed by atoms with Crippen LogP contribution >= 0.6 is 11.8 Å². The molecular formula is C26H31N5OS. The van der Waals surface area contributed by atoms with Gasteiger partial charge in [0.25, 0.3) is 0 Å². The number of carbonyl (C=O) groups is 1. The molecule has 1 amide bonds. The van der Waals surface area contributed by atoms with Gasteiger partial charge in [0.2, 0.25) is 5.91 Å². The van der Waals surface area contributed by atoms with E-state index in [4.69, 9.17) is 0 Å². The molecule has 1 aromatic carbocycles. The van der Waals surface area contributed by atoms with Crippen LogP contribution in [0.15, 0.2) is 60.0 Å². The second-order valence-corrected chi connectivity index (χ2v) is 10.1. The van der Waals surface area contributed by atoms with E-state index in [0.29, 0.717) is 17.8 Å². The molecule has 7 heteroatoms. The number of nitrogens with zero attached hydrogens (tertiary/aromatic N) is 5. The van der Waals surface area contributed by atoms with E-state index in [1.807, 2.05) is 47.0 Å². The summed E-state index contributed by atoms with van der Waals surface area (Å²) >= 11 is 1.49. The summed E-state index contributed by atoms with van der Waals surface area (Å²) in [7, 11) is 0. The number of para-hydroxylation sites is 1. The lowest BCUT2D eigenvalue weighted by Crippen LogP contribution is -2.44. The Morgan fingerprint density at radius 1 is 1.00 bits per heavy atom. The second-order valence-electron chi connectivity index (χ2n) is 9.12. The van der Waals surface area contributed by atoms with E-state index in [0.717, 1.165) is 53.8 Å². The molecule has 2 aliphatic carbocycles. The standard InChI is InChI=1S/C26H31N5OS/c1-2-19-10-12-22(13-11-19)30(23-14-15-23)24(32)18-33-26-29-28-25(20-7-6-16-27-17-20)31(26)21-8-4-3-5-9-21/h3-9,16-17,19,22-23H,2,10-15,18H2,1H3. The minimum Gasteiger partial charge on any atom is -0.336 e. The van der Waals surface area contributed by atoms with E-state index in [-0.39, 0.29) is 5.91 Å². The van der Waals surface area contributed by atoms with Crippen molar-refractivity contribution in [1.82, 2.24) is 24.6 Å². The van der Waals surface area contributed by atoms with E-state index < -0.39 is 0 Å². The van der Waals surface area contributed by atoms with Crippen molar-refractivity contribution in [1.29, 1.82) is 0 Å². The number of pyridine rings is 1. The molecule has 2 heterocycles. The third kappa shape index (κ3) is 4.98. The number of benzene rings is 1. The van der Waals surface area contributed by atoms with E-state index in [9.17, 15) is 4.79 Å². The van der Waals surface area contributed by atoms with Crippen molar-refractivity contribution in [2.75, 3.05) is 5.75 Å². The Hall–Kier alpha value is -2.67. The molecule has 0 bridgehead atoms. The summed E-state index contributed by atoms with van der Waals surface area (Å²) in [6, 6.07) is 14.8. The molecule has 6 nitrogen and oxygen atoms in total. The highest BCUT2D eigenvalue weighted by molar-refractivity contribution is 7.99. The predicted molar refractivity (Wildman–Crippen MR) is 131 cm³/mol. The Labute approximate surface area is 199 Å². The van der Waals surface area contributed by atoms with Gasteiger partial charge >= 0.3 is 0 Å². The van der Waals surface area contributed by atoms with E-state index in [2.05, 4.69) is 27.0 Å². The normalized spacial score (nSPS) is 20.5. The number of rotatable bonds is 8. The molecule has 2 saturated carbocycles. The van der Waals surface area contributed by atoms with Gasteiger partial charge in [-0.3, -0.25) is 14.3 Å². The summed E-state index contributed by atoms with van der Waals surface area (Å²) < 4.78 is 2.03. The van der Waals surface area contributed by atoms with Crippen LogP contribution in [0.3, 0.4) is 0 Å². The van der Waals surface area contributed by atoms with Gasteiger partial charge < -0.3 is 4.90 Å². The molecule has 0 unspecified atom stereocenters. The van der Waals surface area contributed by atoms with Crippen molar-refractivity contribution in [3.8, 4) is 17.1 Å². The van der Waals surface area contributed by atoms with Crippen LogP contribution in [-0.2, 0) is 4.79 Å². The smallest absolute Gasteiger partial charge is 0.233 e. The molecule has 0 N–H and O–H groups in total. The van der Waals surface area contributed by atoms with Crippen molar-refractivity contribution in [3.05, 3.63) is 54.9 Å². The summed E-state index contributed by atoms with van der Waals surface area (Å²) in [6.07, 6.45) is 11.9. The van der Waals surface area contributed by atoms with Gasteiger partial charge in [0, 0.05) is 35.7 Å². The fraction of sp³-hybridized carbons (Fsp3) is 0.462. The summed E-state index contributed by atoms with van der Waals surface area (Å²) in [5.41, 5.74) is 1.88. The van der Waals surface area contributed by atoms with Crippen LogP contribution in [0.4, 0.5) is 0 Å². The maximum Gasteiger partial charge on any atom is 0.233 e. The zero-order valence-corrected chi connectivity index (χ0v) is 20.0. The molecule has 2 aliphatic rings. The number of aromatic nitrogens is 4. The fourth-order valence-corrected chi connectivity index (χ4v) is 5.77. The molecule has 0 spiro atoms. The molecule has 33 heavy (non-hydrogen) atoms. The summed E-state index contributed by atoms with van der Waals surface area (Å²) in [5.74, 6) is 2.21. The van der Waals surface area contributed by atoms with Crippen LogP contribution in [0.5, 0.6) is 0 Å². The van der Waals surface area contributed by atoms with E-state index >= 15 is 0 Å². The highest BCUT2D eigenvalue weighted by atomic mass is 32.2. The Kier molecular flexibility index (Phi) is 6.76. The molecule has 2 fully saturated rings. The molecule has 0 saturated heterocycles. The Morgan fingerprint density at radius 2 is 1.73 bits per heavy atom. The minimum absolute atomic E-state index is 0.244. The third-order valence-corrected chi connectivity index (χ3v) is 7.82. The van der Waals surface area contributed by atoms with Gasteiger partial charge in [0.05, 0.1) is 5.75 Å². The van der Waals surface area contributed by atoms with Crippen molar-refractivity contribution >= 4 is 17.7 Å². The molecule has 5 rings (SSSR count). The zero-order chi connectivity index (χ0) is 22.6. The number of hydrogen-bond acceptors (Lipinski definition) is 5. The lowest BCUT2D eigenvalue weighted by Gasteiger charge is -2.37. The van der Waals surface area contributed by atoms with Gasteiger partial charge in [-0.2, -0.15) is 0 Å². The maximum atomic E-state index is 13.4. The van der Waals surface area contributed by atoms with Gasteiger partial charge in [-0.25, -0.2) is 0 Å². The molecule has 172 valence electrons. The number of amides is 1. The molecule has 0 aliphatic heterocycles. The first-order valence-corrected chi connectivity index (χ1v) is 13.1. The van der Waals surface area contributed by atoms with E-state index in [1.165, 1.54) is 31.0 Å². The van der Waals surface area contributed by atoms with Crippen molar-refractivity contribution in [3.63, 3.8) is 0 Å². The van der Waals surface area contributed by atoms with Gasteiger partial charge in [0.15, 0.2) is 11.0 Å². The Balaban J connectivity index is 1.35. The molecular weight excluding hydrogens is 430 g/mol. The largest absolute Gasteiger partial charge is 0.336 e. The first kappa shape index (κ1) is 22.1. The van der Waals surface area contributed by atoms with Gasteiger partial charge in [-0.1, -0.05) is 43.3 Å². The number of thioether (sulfide) groups is 1. The SMILES string of the molecule is CCC1CCC(N(C(=O)CSc2nnc(-c3cccnc3)n2-c2ccccc2)C2CC2)CC1. The average molecular weight is 462 g/mol. The van der Waals surface area contributed by atoms with Crippen LogP contribution in [0.2, 0.25) is 0 Å². The lowest BCUT2D eigenvalue weighted by molar-refractivity contribution is -0.132. The van der Waals surface area contributed by atoms with Crippen LogP contribution < -0.4 is 0 Å². The monoisotopic (exact) mass is 461 g/mol. The first-order valence-electron chi connectivity index (χ1n) is 12.1. The van der Waals surface area contributed by atoms with Gasteiger partial charge in [-0.05, 0) is 68.7 Å². The number of hydrogen-bond donors (Lipinski definition) is 0. The Bertz CT molecular complexity index is 1060. The van der Waals surface area contributed by atoms with E-state index in [1.54, 1.807) is 12.4 Å². The van der Waals surface area contributed by atoms with Crippen LogP contribution in [0.1, 0.15) is 51.9 Å². The topological polar surface area (TPSA) is 63.9 Å². The van der Waals surface area contributed by atoms with Crippen molar-refractivity contribution in [2.45, 2.75) is 69.1 Å². The second kappa shape index (κ2) is 10.1. The summed E-state index contributed by atoms with van der Waals surface area (Å²) in [5, 5.41) is 9.67. The van der Waals surface area contributed by atoms with Crippen LogP contribution in [0.25, 0.3) is 17.1 Å². The van der Waals surface area contributed by atoms with Gasteiger partial charge in [-0.15, -0.1) is 10.2 Å². The van der Waals surface area contributed by atoms with Crippen molar-refractivity contribution < 1.29 is 4.79 Å². The average Bonchev–Trinajstić information content (AvgIpc) is 3.61.